The largest absolute Gasteiger partial charge is 0.525 e. The molecule has 4 aromatic rings. The second kappa shape index (κ2) is 14.9. The van der Waals surface area contributed by atoms with Crippen molar-refractivity contribution in [3.8, 4) is 22.6 Å². The molecule has 8 heteroatoms. The van der Waals surface area contributed by atoms with Gasteiger partial charge in [-0.3, -0.25) is 4.79 Å². The van der Waals surface area contributed by atoms with Gasteiger partial charge in [0.2, 0.25) is 0 Å². The number of carboxylic acid groups (broad SMARTS) is 1. The zero-order valence-electron chi connectivity index (χ0n) is 28.2. The highest BCUT2D eigenvalue weighted by atomic mass is 16.6. The van der Waals surface area contributed by atoms with Crippen LogP contribution in [0.2, 0.25) is 0 Å². The maximum absolute atomic E-state index is 14.0. The third kappa shape index (κ3) is 7.94. The average molecular weight is 650 g/mol. The molecule has 250 valence electrons. The first-order chi connectivity index (χ1) is 23.0. The number of rotatable bonds is 10. The number of hydrogen-bond acceptors (Lipinski definition) is 5. The van der Waals surface area contributed by atoms with Gasteiger partial charge in [0.15, 0.2) is 0 Å². The zero-order valence-corrected chi connectivity index (χ0v) is 28.2. The Hall–Kier alpha value is -4.95. The highest BCUT2D eigenvalue weighted by Gasteiger charge is 2.49. The molecule has 0 aliphatic carbocycles. The molecule has 0 aromatic heterocycles. The summed E-state index contributed by atoms with van der Waals surface area (Å²) >= 11 is 0. The minimum atomic E-state index is -1.07. The summed E-state index contributed by atoms with van der Waals surface area (Å²) in [5, 5.41) is 12.9. The molecule has 1 aliphatic heterocycles. The molecule has 0 bridgehead atoms. The number of quaternary nitrogens is 1. The lowest BCUT2D eigenvalue weighted by Gasteiger charge is -2.35. The molecule has 1 aliphatic rings. The SMILES string of the molecule is CCCCOC(=O)[N+]1(C(=O)NCC(C(=O)O)c2ccc(-c3ccccc3)cc2)CCc2ccc(Oc3ccc(C(C)(C)C)cc3)cc2C1. The van der Waals surface area contributed by atoms with Gasteiger partial charge < -0.3 is 19.9 Å². The van der Waals surface area contributed by atoms with Gasteiger partial charge in [0, 0.05) is 18.5 Å². The second-order valence-corrected chi connectivity index (χ2v) is 13.4. The second-order valence-electron chi connectivity index (χ2n) is 13.4. The Morgan fingerprint density at radius 1 is 0.854 bits per heavy atom. The van der Waals surface area contributed by atoms with Crippen LogP contribution in [0.3, 0.4) is 0 Å². The number of imide groups is 1. The highest BCUT2D eigenvalue weighted by Crippen LogP contribution is 2.33. The molecule has 48 heavy (non-hydrogen) atoms. The monoisotopic (exact) mass is 649 g/mol. The predicted octanol–water partition coefficient (Wildman–Crippen LogP) is 8.83. The first-order valence-electron chi connectivity index (χ1n) is 16.6. The van der Waals surface area contributed by atoms with E-state index in [0.29, 0.717) is 29.9 Å². The number of hydrogen-bond donors (Lipinski definition) is 2. The molecule has 5 rings (SSSR count). The van der Waals surface area contributed by atoms with Crippen LogP contribution < -0.4 is 10.1 Å². The molecule has 4 aromatic carbocycles. The predicted molar refractivity (Wildman–Crippen MR) is 186 cm³/mol. The summed E-state index contributed by atoms with van der Waals surface area (Å²) < 4.78 is 11.2. The third-order valence-electron chi connectivity index (χ3n) is 8.97. The van der Waals surface area contributed by atoms with Crippen molar-refractivity contribution in [1.82, 2.24) is 5.32 Å². The van der Waals surface area contributed by atoms with Crippen molar-refractivity contribution in [2.24, 2.45) is 0 Å². The lowest BCUT2D eigenvalue weighted by Crippen LogP contribution is -2.63. The molecule has 0 saturated carbocycles. The first kappa shape index (κ1) is 34.4. The van der Waals surface area contributed by atoms with E-state index in [4.69, 9.17) is 9.47 Å². The molecule has 2 atom stereocenters. The summed E-state index contributed by atoms with van der Waals surface area (Å²) in [5.41, 5.74) is 5.59. The minimum absolute atomic E-state index is 0.0232. The molecule has 2 unspecified atom stereocenters. The number of benzene rings is 4. The summed E-state index contributed by atoms with van der Waals surface area (Å²) in [7, 11) is 0. The van der Waals surface area contributed by atoms with Gasteiger partial charge in [-0.25, -0.2) is 4.79 Å². The summed E-state index contributed by atoms with van der Waals surface area (Å²) in [6, 6.07) is 30.2. The number of aliphatic carboxylic acids is 1. The Bertz CT molecular complexity index is 1730. The van der Waals surface area contributed by atoms with Crippen LogP contribution in [-0.2, 0) is 27.9 Å². The number of carbonyl (C=O) groups excluding carboxylic acids is 2. The fourth-order valence-electron chi connectivity index (χ4n) is 5.96. The molecule has 8 nitrogen and oxygen atoms in total. The summed E-state index contributed by atoms with van der Waals surface area (Å²) in [6.07, 6.45) is 1.34. The van der Waals surface area contributed by atoms with Gasteiger partial charge in [-0.2, -0.15) is 4.79 Å². The number of amides is 3. The average Bonchev–Trinajstić information content (AvgIpc) is 3.08. The van der Waals surface area contributed by atoms with Gasteiger partial charge in [0.25, 0.3) is 0 Å². The van der Waals surface area contributed by atoms with Crippen LogP contribution in [0.5, 0.6) is 11.5 Å². The fraction of sp³-hybridized carbons (Fsp3) is 0.325. The third-order valence-corrected chi connectivity index (χ3v) is 8.97. The van der Waals surface area contributed by atoms with E-state index in [1.165, 1.54) is 5.56 Å². The number of unbranched alkanes of at least 4 members (excludes halogenated alkanes) is 1. The van der Waals surface area contributed by atoms with Crippen LogP contribution in [0.4, 0.5) is 9.59 Å². The van der Waals surface area contributed by atoms with Gasteiger partial charge in [-0.05, 0) is 63.9 Å². The quantitative estimate of drug-likeness (QED) is 0.132. The van der Waals surface area contributed by atoms with Crippen LogP contribution >= 0.6 is 0 Å². The van der Waals surface area contributed by atoms with Crippen molar-refractivity contribution in [3.63, 3.8) is 0 Å². The molecule has 2 N–H and O–H groups in total. The van der Waals surface area contributed by atoms with E-state index in [-0.39, 0.29) is 31.7 Å². The number of nitrogens with zero attached hydrogens (tertiary/aromatic N) is 1. The van der Waals surface area contributed by atoms with Crippen molar-refractivity contribution >= 4 is 18.1 Å². The smallest absolute Gasteiger partial charge is 0.481 e. The van der Waals surface area contributed by atoms with E-state index in [1.54, 1.807) is 12.1 Å². The van der Waals surface area contributed by atoms with Crippen molar-refractivity contribution in [2.75, 3.05) is 19.7 Å². The summed E-state index contributed by atoms with van der Waals surface area (Å²) in [4.78, 5) is 40.1. The summed E-state index contributed by atoms with van der Waals surface area (Å²) in [5.74, 6) is -0.785. The Labute approximate surface area is 282 Å². The van der Waals surface area contributed by atoms with E-state index >= 15 is 0 Å². The number of nitrogens with one attached hydrogen (secondary N) is 1. The molecule has 0 fully saturated rings. The zero-order chi connectivity index (χ0) is 34.3. The molecule has 3 amide bonds. The molecule has 1 heterocycles. The lowest BCUT2D eigenvalue weighted by atomic mass is 9.87. The maximum Gasteiger partial charge on any atom is 0.525 e. The van der Waals surface area contributed by atoms with Gasteiger partial charge in [-0.15, -0.1) is 4.48 Å². The Balaban J connectivity index is 1.35. The first-order valence-corrected chi connectivity index (χ1v) is 16.6. The highest BCUT2D eigenvalue weighted by molar-refractivity contribution is 5.82. The standard InChI is InChI=1S/C40H44N2O6/c1-5-6-24-47-39(46)42(38(45)41-26-36(37(43)44)31-14-12-29(13-15-31)28-10-8-7-9-11-28)23-22-30-16-19-35(25-32(30)27-42)48-34-20-17-33(18-21-34)40(2,3)4/h7-21,25,36H,5-6,22-24,26-27H2,1-4H3,(H-,41,43,44,45)/p+1. The molecule has 0 saturated heterocycles. The van der Waals surface area contributed by atoms with Gasteiger partial charge >= 0.3 is 18.1 Å². The number of urea groups is 1. The molecular formula is C40H45N2O6+. The number of fused-ring (bicyclic) bond motifs is 1. The Morgan fingerprint density at radius 2 is 1.52 bits per heavy atom. The van der Waals surface area contributed by atoms with Crippen molar-refractivity contribution < 1.29 is 33.4 Å². The van der Waals surface area contributed by atoms with Crippen LogP contribution in [0, 0.1) is 0 Å². The van der Waals surface area contributed by atoms with E-state index in [0.717, 1.165) is 28.7 Å². The fourth-order valence-corrected chi connectivity index (χ4v) is 5.96. The lowest BCUT2D eigenvalue weighted by molar-refractivity contribution is -0.794. The molecule has 0 radical (unpaired) electrons. The van der Waals surface area contributed by atoms with Crippen LogP contribution in [0.25, 0.3) is 11.1 Å². The number of ether oxygens (including phenoxy) is 2. The van der Waals surface area contributed by atoms with Gasteiger partial charge in [0.1, 0.15) is 24.6 Å². The summed E-state index contributed by atoms with van der Waals surface area (Å²) in [6.45, 7) is 8.76. The van der Waals surface area contributed by atoms with Gasteiger partial charge in [0.05, 0.1) is 12.5 Å². The van der Waals surface area contributed by atoms with E-state index in [1.807, 2.05) is 91.9 Å². The molecule has 0 spiro atoms. The van der Waals surface area contributed by atoms with Crippen molar-refractivity contribution in [3.05, 3.63) is 119 Å². The normalized spacial score (nSPS) is 16.3. The van der Waals surface area contributed by atoms with Crippen molar-refractivity contribution in [1.29, 1.82) is 0 Å². The van der Waals surface area contributed by atoms with E-state index < -0.39 is 28.5 Å². The number of carbonyl (C=O) groups is 3. The van der Waals surface area contributed by atoms with E-state index in [2.05, 4.69) is 26.1 Å². The van der Waals surface area contributed by atoms with Crippen molar-refractivity contribution in [2.45, 2.75) is 64.8 Å². The van der Waals surface area contributed by atoms with Gasteiger partial charge in [-0.1, -0.05) is 107 Å². The number of carboxylic acids is 1. The van der Waals surface area contributed by atoms with Crippen LogP contribution in [-0.4, -0.2) is 47.4 Å². The Morgan fingerprint density at radius 3 is 2.17 bits per heavy atom. The minimum Gasteiger partial charge on any atom is -0.481 e. The Kier molecular flexibility index (Phi) is 10.6. The molecular weight excluding hydrogens is 604 g/mol. The topological polar surface area (TPSA) is 102 Å². The van der Waals surface area contributed by atoms with E-state index in [9.17, 15) is 19.5 Å². The maximum atomic E-state index is 14.0. The van der Waals surface area contributed by atoms with Crippen LogP contribution in [0.1, 0.15) is 68.7 Å². The van der Waals surface area contributed by atoms with Crippen LogP contribution in [0.15, 0.2) is 97.1 Å².